The maximum absolute atomic E-state index is 11.9. The Morgan fingerprint density at radius 2 is 1.74 bits per heavy atom. The highest BCUT2D eigenvalue weighted by Crippen LogP contribution is 2.08. The Balaban J connectivity index is 0. The number of hydrogen-bond donors (Lipinski definition) is 3. The van der Waals surface area contributed by atoms with Crippen molar-refractivity contribution < 1.29 is 9.59 Å². The average molecular weight is 294 g/mol. The number of carbonyl (C=O) groups excluding carboxylic acids is 2. The molecule has 0 radical (unpaired) electrons. The zero-order chi connectivity index (χ0) is 14.3. The van der Waals surface area contributed by atoms with Crippen molar-refractivity contribution in [2.24, 2.45) is 5.73 Å². The summed E-state index contributed by atoms with van der Waals surface area (Å²) in [6.07, 6.45) is 2.28. The lowest BCUT2D eigenvalue weighted by Crippen LogP contribution is -2.56. The number of carbonyl (C=O) groups is 2. The Labute approximate surface area is 122 Å². The van der Waals surface area contributed by atoms with Gasteiger partial charge in [0, 0.05) is 6.04 Å². The minimum Gasteiger partial charge on any atom is -0.352 e. The molecule has 0 aromatic rings. The quantitative estimate of drug-likeness (QED) is 0.662. The van der Waals surface area contributed by atoms with Crippen LogP contribution in [0.5, 0.6) is 0 Å². The molecule has 0 spiro atoms. The zero-order valence-corrected chi connectivity index (χ0v) is 13.4. The van der Waals surface area contributed by atoms with Gasteiger partial charge in [0.25, 0.3) is 0 Å². The van der Waals surface area contributed by atoms with E-state index < -0.39 is 11.6 Å². The number of nitrogens with two attached hydrogens (primary N) is 1. The van der Waals surface area contributed by atoms with Crippen LogP contribution in [0, 0.1) is 0 Å². The molecule has 2 amide bonds. The summed E-state index contributed by atoms with van der Waals surface area (Å²) in [4.78, 5) is 23.7. The highest BCUT2D eigenvalue weighted by molar-refractivity contribution is 5.91. The summed E-state index contributed by atoms with van der Waals surface area (Å²) in [6, 6.07) is -0.456. The van der Waals surface area contributed by atoms with Crippen LogP contribution in [0.15, 0.2) is 0 Å². The summed E-state index contributed by atoms with van der Waals surface area (Å²) in [5.41, 5.74) is 4.99. The van der Waals surface area contributed by atoms with E-state index in [1.807, 2.05) is 20.8 Å². The van der Waals surface area contributed by atoms with Gasteiger partial charge in [-0.2, -0.15) is 0 Å². The zero-order valence-electron chi connectivity index (χ0n) is 12.6. The summed E-state index contributed by atoms with van der Waals surface area (Å²) in [7, 11) is 0. The number of hydrogen-bond acceptors (Lipinski definition) is 3. The number of nitrogens with one attached hydrogen (secondary N) is 2. The van der Waals surface area contributed by atoms with Crippen molar-refractivity contribution in [2.45, 2.75) is 71.5 Å². The first-order chi connectivity index (χ1) is 8.24. The summed E-state index contributed by atoms with van der Waals surface area (Å²) in [5, 5.41) is 5.48. The standard InChI is InChI=1S/C13H27N3O2.ClH/c1-6-8-13(5,14)12(18)16-10(4)11(17)15-9(3)7-2;/h9-10H,6-8,14H2,1-5H3,(H,15,17)(H,16,18);1H. The van der Waals surface area contributed by atoms with Gasteiger partial charge in [-0.25, -0.2) is 0 Å². The van der Waals surface area contributed by atoms with E-state index in [1.165, 1.54) is 0 Å². The molecule has 0 saturated heterocycles. The third-order valence-electron chi connectivity index (χ3n) is 3.03. The van der Waals surface area contributed by atoms with Crippen molar-refractivity contribution in [3.8, 4) is 0 Å². The van der Waals surface area contributed by atoms with E-state index in [1.54, 1.807) is 13.8 Å². The summed E-state index contributed by atoms with van der Waals surface area (Å²) in [6.45, 7) is 9.24. The SMILES string of the molecule is CCCC(C)(N)C(=O)NC(C)C(=O)NC(C)CC.Cl. The molecule has 0 saturated carbocycles. The van der Waals surface area contributed by atoms with Crippen LogP contribution >= 0.6 is 12.4 Å². The largest absolute Gasteiger partial charge is 0.352 e. The molecule has 6 heteroatoms. The summed E-state index contributed by atoms with van der Waals surface area (Å²) >= 11 is 0. The second kappa shape index (κ2) is 9.15. The van der Waals surface area contributed by atoms with E-state index in [9.17, 15) is 9.59 Å². The first-order valence-corrected chi connectivity index (χ1v) is 6.64. The van der Waals surface area contributed by atoms with Gasteiger partial charge in [0.05, 0.1) is 5.54 Å². The molecular formula is C13H28ClN3O2. The third-order valence-corrected chi connectivity index (χ3v) is 3.03. The molecule has 0 aliphatic heterocycles. The molecule has 5 nitrogen and oxygen atoms in total. The first-order valence-electron chi connectivity index (χ1n) is 6.64. The smallest absolute Gasteiger partial charge is 0.242 e. The molecule has 4 N–H and O–H groups in total. The Morgan fingerprint density at radius 3 is 2.16 bits per heavy atom. The lowest BCUT2D eigenvalue weighted by atomic mass is 9.96. The fraction of sp³-hybridized carbons (Fsp3) is 0.846. The van der Waals surface area contributed by atoms with Crippen LogP contribution in [0.25, 0.3) is 0 Å². The van der Waals surface area contributed by atoms with Crippen LogP contribution in [0.2, 0.25) is 0 Å². The van der Waals surface area contributed by atoms with Gasteiger partial charge in [-0.05, 0) is 33.6 Å². The van der Waals surface area contributed by atoms with Gasteiger partial charge in [-0.15, -0.1) is 12.4 Å². The maximum Gasteiger partial charge on any atom is 0.242 e. The molecular weight excluding hydrogens is 266 g/mol. The minimum absolute atomic E-state index is 0. The minimum atomic E-state index is -0.917. The molecule has 0 heterocycles. The van der Waals surface area contributed by atoms with Crippen molar-refractivity contribution in [1.82, 2.24) is 10.6 Å². The molecule has 3 atom stereocenters. The van der Waals surface area contributed by atoms with Crippen LogP contribution in [0.4, 0.5) is 0 Å². The predicted octanol–water partition coefficient (Wildman–Crippen LogP) is 1.35. The lowest BCUT2D eigenvalue weighted by Gasteiger charge is -2.25. The molecule has 0 aromatic carbocycles. The van der Waals surface area contributed by atoms with Crippen molar-refractivity contribution in [3.05, 3.63) is 0 Å². The van der Waals surface area contributed by atoms with E-state index in [0.717, 1.165) is 12.8 Å². The van der Waals surface area contributed by atoms with E-state index >= 15 is 0 Å². The van der Waals surface area contributed by atoms with Crippen LogP contribution in [-0.4, -0.2) is 29.4 Å². The average Bonchev–Trinajstić information content (AvgIpc) is 2.28. The van der Waals surface area contributed by atoms with Gasteiger partial charge in [0.15, 0.2) is 0 Å². The Kier molecular flexibility index (Phi) is 9.88. The van der Waals surface area contributed by atoms with Crippen LogP contribution in [-0.2, 0) is 9.59 Å². The van der Waals surface area contributed by atoms with Crippen molar-refractivity contribution in [1.29, 1.82) is 0 Å². The Morgan fingerprint density at radius 1 is 1.21 bits per heavy atom. The van der Waals surface area contributed by atoms with Crippen molar-refractivity contribution >= 4 is 24.2 Å². The highest BCUT2D eigenvalue weighted by atomic mass is 35.5. The molecule has 114 valence electrons. The number of rotatable bonds is 7. The third kappa shape index (κ3) is 7.38. The monoisotopic (exact) mass is 293 g/mol. The molecule has 0 aliphatic rings. The maximum atomic E-state index is 11.9. The molecule has 3 unspecified atom stereocenters. The van der Waals surface area contributed by atoms with Gasteiger partial charge in [-0.3, -0.25) is 9.59 Å². The van der Waals surface area contributed by atoms with E-state index in [4.69, 9.17) is 5.73 Å². The van der Waals surface area contributed by atoms with Gasteiger partial charge in [0.2, 0.25) is 11.8 Å². The van der Waals surface area contributed by atoms with E-state index in [0.29, 0.717) is 6.42 Å². The van der Waals surface area contributed by atoms with Crippen LogP contribution < -0.4 is 16.4 Å². The van der Waals surface area contributed by atoms with E-state index in [-0.39, 0.29) is 30.3 Å². The molecule has 0 aromatic heterocycles. The molecule has 0 fully saturated rings. The summed E-state index contributed by atoms with van der Waals surface area (Å²) in [5.74, 6) is -0.457. The second-order valence-electron chi connectivity index (χ2n) is 5.18. The lowest BCUT2D eigenvalue weighted by molar-refractivity contribution is -0.131. The van der Waals surface area contributed by atoms with E-state index in [2.05, 4.69) is 10.6 Å². The van der Waals surface area contributed by atoms with Gasteiger partial charge >= 0.3 is 0 Å². The molecule has 0 rings (SSSR count). The highest BCUT2D eigenvalue weighted by Gasteiger charge is 2.29. The molecule has 0 aliphatic carbocycles. The van der Waals surface area contributed by atoms with Crippen molar-refractivity contribution in [2.75, 3.05) is 0 Å². The molecule has 0 bridgehead atoms. The Hall–Kier alpha value is -0.810. The molecule has 19 heavy (non-hydrogen) atoms. The van der Waals surface area contributed by atoms with Gasteiger partial charge in [0.1, 0.15) is 6.04 Å². The normalized spacial score (nSPS) is 16.5. The topological polar surface area (TPSA) is 84.2 Å². The first kappa shape index (κ1) is 20.5. The number of amides is 2. The second-order valence-corrected chi connectivity index (χ2v) is 5.18. The number of halogens is 1. The predicted molar refractivity (Wildman–Crippen MR) is 80.2 cm³/mol. The van der Waals surface area contributed by atoms with Gasteiger partial charge in [-0.1, -0.05) is 20.3 Å². The van der Waals surface area contributed by atoms with Crippen LogP contribution in [0.1, 0.15) is 53.9 Å². The summed E-state index contributed by atoms with van der Waals surface area (Å²) < 4.78 is 0. The fourth-order valence-corrected chi connectivity index (χ4v) is 1.53. The van der Waals surface area contributed by atoms with Crippen LogP contribution in [0.3, 0.4) is 0 Å². The van der Waals surface area contributed by atoms with Gasteiger partial charge < -0.3 is 16.4 Å². The Bertz CT molecular complexity index is 296. The fourth-order valence-electron chi connectivity index (χ4n) is 1.53. The van der Waals surface area contributed by atoms with Crippen molar-refractivity contribution in [3.63, 3.8) is 0 Å².